The average molecular weight is 288 g/mol. The number of halogens is 1. The molecule has 2 atom stereocenters. The van der Waals surface area contributed by atoms with Gasteiger partial charge in [-0.25, -0.2) is 4.39 Å². The molecule has 0 radical (unpaired) electrons. The summed E-state index contributed by atoms with van der Waals surface area (Å²) in [5, 5.41) is 10.4. The highest BCUT2D eigenvalue weighted by molar-refractivity contribution is 5.44. The number of ether oxygens (including phenoxy) is 2. The fourth-order valence-corrected chi connectivity index (χ4v) is 2.65. The molecule has 4 heteroatoms. The van der Waals surface area contributed by atoms with Crippen molar-refractivity contribution in [2.45, 2.75) is 25.6 Å². The van der Waals surface area contributed by atoms with Crippen LogP contribution in [0.2, 0.25) is 0 Å². The van der Waals surface area contributed by atoms with Crippen LogP contribution >= 0.6 is 0 Å². The van der Waals surface area contributed by atoms with E-state index < -0.39 is 11.9 Å². The Morgan fingerprint density at radius 2 is 2.10 bits per heavy atom. The summed E-state index contributed by atoms with van der Waals surface area (Å²) in [5.41, 5.74) is 1.95. The van der Waals surface area contributed by atoms with E-state index in [0.29, 0.717) is 11.3 Å². The molecule has 3 nitrogen and oxygen atoms in total. The van der Waals surface area contributed by atoms with Crippen molar-refractivity contribution in [2.24, 2.45) is 0 Å². The number of methoxy groups -OCH3 is 1. The molecule has 1 heterocycles. The average Bonchev–Trinajstić information content (AvgIpc) is 2.85. The molecule has 21 heavy (non-hydrogen) atoms. The first-order valence-electron chi connectivity index (χ1n) is 6.89. The lowest BCUT2D eigenvalue weighted by atomic mass is 9.98. The Hall–Kier alpha value is -2.07. The SMILES string of the molecule is COc1ccc(C(O)c2ccc3c(c2)CC(C)O3)c(F)c1. The molecule has 0 spiro atoms. The fourth-order valence-electron chi connectivity index (χ4n) is 2.65. The summed E-state index contributed by atoms with van der Waals surface area (Å²) in [6.45, 7) is 2.00. The van der Waals surface area contributed by atoms with E-state index in [-0.39, 0.29) is 11.7 Å². The van der Waals surface area contributed by atoms with Gasteiger partial charge >= 0.3 is 0 Å². The Morgan fingerprint density at radius 1 is 1.29 bits per heavy atom. The van der Waals surface area contributed by atoms with Crippen molar-refractivity contribution in [3.63, 3.8) is 0 Å². The predicted molar refractivity (Wildman–Crippen MR) is 77.2 cm³/mol. The van der Waals surface area contributed by atoms with Crippen molar-refractivity contribution in [3.8, 4) is 11.5 Å². The number of hydrogen-bond acceptors (Lipinski definition) is 3. The lowest BCUT2D eigenvalue weighted by Crippen LogP contribution is -2.05. The summed E-state index contributed by atoms with van der Waals surface area (Å²) in [4.78, 5) is 0. The van der Waals surface area contributed by atoms with Gasteiger partial charge in [0.25, 0.3) is 0 Å². The molecule has 2 unspecified atom stereocenters. The van der Waals surface area contributed by atoms with Crippen LogP contribution in [0.5, 0.6) is 11.5 Å². The molecule has 1 aliphatic heterocycles. The topological polar surface area (TPSA) is 38.7 Å². The second-order valence-corrected chi connectivity index (χ2v) is 5.29. The Balaban J connectivity index is 1.92. The fraction of sp³-hybridized carbons (Fsp3) is 0.294. The normalized spacial score (nSPS) is 18.0. The van der Waals surface area contributed by atoms with Gasteiger partial charge in [-0.3, -0.25) is 0 Å². The zero-order valence-corrected chi connectivity index (χ0v) is 12.0. The molecule has 0 aliphatic carbocycles. The molecule has 110 valence electrons. The molecule has 0 aromatic heterocycles. The summed E-state index contributed by atoms with van der Waals surface area (Å²) in [6, 6.07) is 9.94. The van der Waals surface area contributed by atoms with Crippen molar-refractivity contribution >= 4 is 0 Å². The molecule has 0 fully saturated rings. The molecule has 2 aromatic rings. The van der Waals surface area contributed by atoms with Gasteiger partial charge in [0.1, 0.15) is 29.5 Å². The second-order valence-electron chi connectivity index (χ2n) is 5.29. The zero-order chi connectivity index (χ0) is 15.0. The molecule has 0 saturated carbocycles. The minimum Gasteiger partial charge on any atom is -0.497 e. The predicted octanol–water partition coefficient (Wildman–Crippen LogP) is 3.24. The Kier molecular flexibility index (Phi) is 3.55. The van der Waals surface area contributed by atoms with Gasteiger partial charge in [-0.1, -0.05) is 6.07 Å². The van der Waals surface area contributed by atoms with E-state index in [0.717, 1.165) is 17.7 Å². The maximum atomic E-state index is 14.0. The van der Waals surface area contributed by atoms with Crippen LogP contribution in [0.1, 0.15) is 29.7 Å². The van der Waals surface area contributed by atoms with E-state index in [1.54, 1.807) is 18.2 Å². The Labute approximate surface area is 122 Å². The van der Waals surface area contributed by atoms with E-state index in [1.165, 1.54) is 13.2 Å². The van der Waals surface area contributed by atoms with Crippen LogP contribution in [0.15, 0.2) is 36.4 Å². The molecule has 3 rings (SSSR count). The van der Waals surface area contributed by atoms with Gasteiger partial charge in [-0.15, -0.1) is 0 Å². The maximum Gasteiger partial charge on any atom is 0.133 e. The molecule has 1 aliphatic rings. The van der Waals surface area contributed by atoms with Gasteiger partial charge in [0.2, 0.25) is 0 Å². The highest BCUT2D eigenvalue weighted by atomic mass is 19.1. The number of benzene rings is 2. The van der Waals surface area contributed by atoms with Gasteiger partial charge in [-0.2, -0.15) is 0 Å². The first kappa shape index (κ1) is 13.9. The van der Waals surface area contributed by atoms with Gasteiger partial charge in [0, 0.05) is 18.1 Å². The van der Waals surface area contributed by atoms with Crippen LogP contribution in [-0.2, 0) is 6.42 Å². The van der Waals surface area contributed by atoms with Crippen molar-refractivity contribution < 1.29 is 19.0 Å². The van der Waals surface area contributed by atoms with Crippen LogP contribution in [0, 0.1) is 5.82 Å². The molecule has 0 amide bonds. The number of hydrogen-bond donors (Lipinski definition) is 1. The van der Waals surface area contributed by atoms with Gasteiger partial charge < -0.3 is 14.6 Å². The van der Waals surface area contributed by atoms with Gasteiger partial charge in [-0.05, 0) is 42.3 Å². The van der Waals surface area contributed by atoms with Gasteiger partial charge in [0.05, 0.1) is 7.11 Å². The number of rotatable bonds is 3. The van der Waals surface area contributed by atoms with E-state index in [9.17, 15) is 9.50 Å². The molecule has 0 saturated heterocycles. The number of aliphatic hydroxyl groups excluding tert-OH is 1. The lowest BCUT2D eigenvalue weighted by Gasteiger charge is -2.14. The third-order valence-electron chi connectivity index (χ3n) is 3.74. The van der Waals surface area contributed by atoms with Crippen molar-refractivity contribution in [1.82, 2.24) is 0 Å². The van der Waals surface area contributed by atoms with Crippen LogP contribution in [-0.4, -0.2) is 18.3 Å². The van der Waals surface area contributed by atoms with E-state index in [4.69, 9.17) is 9.47 Å². The first-order valence-corrected chi connectivity index (χ1v) is 6.89. The summed E-state index contributed by atoms with van der Waals surface area (Å²) < 4.78 is 24.6. The van der Waals surface area contributed by atoms with Crippen molar-refractivity contribution in [2.75, 3.05) is 7.11 Å². The third-order valence-corrected chi connectivity index (χ3v) is 3.74. The smallest absolute Gasteiger partial charge is 0.133 e. The summed E-state index contributed by atoms with van der Waals surface area (Å²) in [5.74, 6) is 0.792. The third kappa shape index (κ3) is 2.59. The Morgan fingerprint density at radius 3 is 2.81 bits per heavy atom. The maximum absolute atomic E-state index is 14.0. The van der Waals surface area contributed by atoms with Gasteiger partial charge in [0.15, 0.2) is 0 Å². The molecule has 0 bridgehead atoms. The largest absolute Gasteiger partial charge is 0.497 e. The molecular weight excluding hydrogens is 271 g/mol. The standard InChI is InChI=1S/C17H17FO3/c1-10-7-12-8-11(3-6-16(12)21-10)17(19)14-5-4-13(20-2)9-15(14)18/h3-6,8-10,17,19H,7H2,1-2H3. The highest BCUT2D eigenvalue weighted by Crippen LogP contribution is 2.33. The summed E-state index contributed by atoms with van der Waals surface area (Å²) >= 11 is 0. The van der Waals surface area contributed by atoms with Crippen molar-refractivity contribution in [3.05, 3.63) is 58.9 Å². The van der Waals surface area contributed by atoms with Crippen LogP contribution in [0.3, 0.4) is 0 Å². The molecule has 1 N–H and O–H groups in total. The Bertz CT molecular complexity index is 669. The van der Waals surface area contributed by atoms with E-state index in [1.807, 2.05) is 19.1 Å². The van der Waals surface area contributed by atoms with Crippen molar-refractivity contribution in [1.29, 1.82) is 0 Å². The minimum absolute atomic E-state index is 0.144. The number of fused-ring (bicyclic) bond motifs is 1. The zero-order valence-electron chi connectivity index (χ0n) is 12.0. The monoisotopic (exact) mass is 288 g/mol. The van der Waals surface area contributed by atoms with Crippen LogP contribution in [0.4, 0.5) is 4.39 Å². The molecular formula is C17H17FO3. The lowest BCUT2D eigenvalue weighted by molar-refractivity contribution is 0.214. The molecule has 2 aromatic carbocycles. The van der Waals surface area contributed by atoms with Crippen LogP contribution in [0.25, 0.3) is 0 Å². The summed E-state index contributed by atoms with van der Waals surface area (Å²) in [7, 11) is 1.48. The second kappa shape index (κ2) is 5.37. The summed E-state index contributed by atoms with van der Waals surface area (Å²) in [6.07, 6.45) is -0.0525. The highest BCUT2D eigenvalue weighted by Gasteiger charge is 2.22. The minimum atomic E-state index is -1.00. The number of aliphatic hydroxyl groups is 1. The van der Waals surface area contributed by atoms with E-state index >= 15 is 0 Å². The van der Waals surface area contributed by atoms with Crippen LogP contribution < -0.4 is 9.47 Å². The first-order chi connectivity index (χ1) is 10.1. The quantitative estimate of drug-likeness (QED) is 0.942. The van der Waals surface area contributed by atoms with E-state index in [2.05, 4.69) is 0 Å².